The van der Waals surface area contributed by atoms with Crippen LogP contribution in [0.5, 0.6) is 0 Å². The van der Waals surface area contributed by atoms with Crippen LogP contribution >= 0.6 is 11.6 Å². The van der Waals surface area contributed by atoms with E-state index in [-0.39, 0.29) is 5.54 Å². The van der Waals surface area contributed by atoms with Gasteiger partial charge in [0.2, 0.25) is 0 Å². The van der Waals surface area contributed by atoms with E-state index in [1.807, 2.05) is 12.1 Å². The molecule has 0 amide bonds. The highest BCUT2D eigenvalue weighted by Crippen LogP contribution is 2.56. The minimum Gasteiger partial charge on any atom is -0.324 e. The molecule has 0 saturated heterocycles. The molecule has 0 aromatic heterocycles. The quantitative estimate of drug-likeness (QED) is 0.815. The van der Waals surface area contributed by atoms with Crippen molar-refractivity contribution >= 4 is 11.6 Å². The molecule has 2 saturated carbocycles. The topological polar surface area (TPSA) is 26.0 Å². The maximum atomic E-state index is 6.49. The molecule has 2 unspecified atom stereocenters. The maximum absolute atomic E-state index is 6.49. The summed E-state index contributed by atoms with van der Waals surface area (Å²) in [5, 5.41) is 0.812. The van der Waals surface area contributed by atoms with E-state index in [1.165, 1.54) is 31.2 Å². The molecule has 2 N–H and O–H groups in total. The van der Waals surface area contributed by atoms with E-state index in [0.717, 1.165) is 10.9 Å². The van der Waals surface area contributed by atoms with Gasteiger partial charge in [-0.2, -0.15) is 0 Å². The molecule has 0 heterocycles. The molecule has 0 bridgehead atoms. The Hall–Kier alpha value is -0.530. The van der Waals surface area contributed by atoms with Gasteiger partial charge in [-0.3, -0.25) is 0 Å². The van der Waals surface area contributed by atoms with Crippen molar-refractivity contribution in [1.29, 1.82) is 0 Å². The summed E-state index contributed by atoms with van der Waals surface area (Å²) in [4.78, 5) is 0. The van der Waals surface area contributed by atoms with Gasteiger partial charge in [0, 0.05) is 16.5 Å². The first-order chi connectivity index (χ1) is 7.20. The molecule has 2 atom stereocenters. The molecule has 0 spiro atoms. The highest BCUT2D eigenvalue weighted by atomic mass is 35.5. The van der Waals surface area contributed by atoms with Crippen LogP contribution in [-0.2, 0) is 0 Å². The van der Waals surface area contributed by atoms with Crippen LogP contribution in [0.15, 0.2) is 24.3 Å². The van der Waals surface area contributed by atoms with Gasteiger partial charge < -0.3 is 5.73 Å². The first-order valence-electron chi connectivity index (χ1n) is 5.74. The van der Waals surface area contributed by atoms with Crippen LogP contribution in [0.4, 0.5) is 0 Å². The Morgan fingerprint density at radius 3 is 2.27 bits per heavy atom. The zero-order valence-electron chi connectivity index (χ0n) is 8.75. The molecule has 0 radical (unpaired) electrons. The third-order valence-corrected chi connectivity index (χ3v) is 4.38. The standard InChI is InChI=1S/C13H16ClN/c14-11-5-1-9(2-6-11)12-7-8-13(12,15)10-3-4-10/h1-2,5-6,10,12H,3-4,7-8,15H2. The van der Waals surface area contributed by atoms with Crippen LogP contribution in [0, 0.1) is 5.92 Å². The Balaban J connectivity index is 1.85. The third kappa shape index (κ3) is 1.49. The normalized spacial score (nSPS) is 34.9. The Labute approximate surface area is 95.6 Å². The van der Waals surface area contributed by atoms with E-state index in [4.69, 9.17) is 17.3 Å². The molecule has 2 heteroatoms. The van der Waals surface area contributed by atoms with Gasteiger partial charge >= 0.3 is 0 Å². The van der Waals surface area contributed by atoms with Crippen LogP contribution in [0.25, 0.3) is 0 Å². The fraction of sp³-hybridized carbons (Fsp3) is 0.538. The zero-order chi connectivity index (χ0) is 10.5. The largest absolute Gasteiger partial charge is 0.324 e. The summed E-state index contributed by atoms with van der Waals surface area (Å²) in [5.41, 5.74) is 7.97. The molecular weight excluding hydrogens is 206 g/mol. The van der Waals surface area contributed by atoms with Crippen molar-refractivity contribution in [2.45, 2.75) is 37.1 Å². The number of rotatable bonds is 2. The van der Waals surface area contributed by atoms with Gasteiger partial charge in [0.05, 0.1) is 0 Å². The second kappa shape index (κ2) is 3.23. The van der Waals surface area contributed by atoms with E-state index in [0.29, 0.717) is 5.92 Å². The van der Waals surface area contributed by atoms with Crippen molar-refractivity contribution in [3.63, 3.8) is 0 Å². The molecule has 2 fully saturated rings. The molecule has 1 aromatic carbocycles. The van der Waals surface area contributed by atoms with Crippen LogP contribution in [0.2, 0.25) is 5.02 Å². The van der Waals surface area contributed by atoms with Crippen molar-refractivity contribution < 1.29 is 0 Å². The molecule has 2 aliphatic carbocycles. The summed E-state index contributed by atoms with van der Waals surface area (Å²) in [6, 6.07) is 8.22. The summed E-state index contributed by atoms with van der Waals surface area (Å²) < 4.78 is 0. The monoisotopic (exact) mass is 221 g/mol. The van der Waals surface area contributed by atoms with Crippen molar-refractivity contribution in [2.75, 3.05) is 0 Å². The zero-order valence-corrected chi connectivity index (χ0v) is 9.50. The first-order valence-corrected chi connectivity index (χ1v) is 6.12. The second-order valence-electron chi connectivity index (χ2n) is 5.03. The van der Waals surface area contributed by atoms with Crippen LogP contribution in [0.1, 0.15) is 37.2 Å². The second-order valence-corrected chi connectivity index (χ2v) is 5.47. The minimum atomic E-state index is 0.105. The van der Waals surface area contributed by atoms with E-state index < -0.39 is 0 Å². The lowest BCUT2D eigenvalue weighted by molar-refractivity contribution is 0.166. The van der Waals surface area contributed by atoms with E-state index in [2.05, 4.69) is 12.1 Å². The Morgan fingerprint density at radius 1 is 1.13 bits per heavy atom. The average molecular weight is 222 g/mol. The molecule has 1 nitrogen and oxygen atoms in total. The lowest BCUT2D eigenvalue weighted by Crippen LogP contribution is -2.55. The Morgan fingerprint density at radius 2 is 1.80 bits per heavy atom. The third-order valence-electron chi connectivity index (χ3n) is 4.12. The van der Waals surface area contributed by atoms with Gasteiger partial charge in [0.15, 0.2) is 0 Å². The molecular formula is C13H16ClN. The first kappa shape index (κ1) is 9.68. The molecule has 3 rings (SSSR count). The van der Waals surface area contributed by atoms with Gasteiger partial charge in [-0.05, 0) is 49.3 Å². The van der Waals surface area contributed by atoms with Crippen molar-refractivity contribution in [3.05, 3.63) is 34.9 Å². The number of hydrogen-bond donors (Lipinski definition) is 1. The van der Waals surface area contributed by atoms with E-state index in [9.17, 15) is 0 Å². The highest BCUT2D eigenvalue weighted by molar-refractivity contribution is 6.30. The van der Waals surface area contributed by atoms with Gasteiger partial charge in [0.1, 0.15) is 0 Å². The predicted molar refractivity (Wildman–Crippen MR) is 63.1 cm³/mol. The SMILES string of the molecule is NC1(C2CC2)CCC1c1ccc(Cl)cc1. The van der Waals surface area contributed by atoms with Gasteiger partial charge in [-0.1, -0.05) is 23.7 Å². The average Bonchev–Trinajstić information content (AvgIpc) is 3.02. The number of hydrogen-bond acceptors (Lipinski definition) is 1. The van der Waals surface area contributed by atoms with Crippen LogP contribution < -0.4 is 5.73 Å². The number of benzene rings is 1. The molecule has 0 aliphatic heterocycles. The lowest BCUT2D eigenvalue weighted by atomic mass is 9.62. The Bertz CT molecular complexity index is 369. The van der Waals surface area contributed by atoms with E-state index >= 15 is 0 Å². The molecule has 15 heavy (non-hydrogen) atoms. The van der Waals surface area contributed by atoms with Crippen molar-refractivity contribution in [2.24, 2.45) is 11.7 Å². The van der Waals surface area contributed by atoms with Gasteiger partial charge in [0.25, 0.3) is 0 Å². The van der Waals surface area contributed by atoms with Gasteiger partial charge in [-0.15, -0.1) is 0 Å². The number of halogens is 1. The summed E-state index contributed by atoms with van der Waals surface area (Å²) in [6.07, 6.45) is 5.11. The maximum Gasteiger partial charge on any atom is 0.0406 e. The smallest absolute Gasteiger partial charge is 0.0406 e. The van der Waals surface area contributed by atoms with Gasteiger partial charge in [-0.25, -0.2) is 0 Å². The minimum absolute atomic E-state index is 0.105. The summed E-state index contributed by atoms with van der Waals surface area (Å²) in [6.45, 7) is 0. The highest BCUT2D eigenvalue weighted by Gasteiger charge is 2.53. The van der Waals surface area contributed by atoms with Crippen LogP contribution in [-0.4, -0.2) is 5.54 Å². The fourth-order valence-corrected chi connectivity index (χ4v) is 3.03. The molecule has 2 aliphatic rings. The molecule has 1 aromatic rings. The summed E-state index contributed by atoms with van der Waals surface area (Å²) in [5.74, 6) is 1.36. The fourth-order valence-electron chi connectivity index (χ4n) is 2.90. The van der Waals surface area contributed by atoms with E-state index in [1.54, 1.807) is 0 Å². The summed E-state index contributed by atoms with van der Waals surface area (Å²) >= 11 is 5.89. The predicted octanol–water partition coefficient (Wildman–Crippen LogP) is 3.32. The van der Waals surface area contributed by atoms with Crippen molar-refractivity contribution in [3.8, 4) is 0 Å². The number of nitrogens with two attached hydrogens (primary N) is 1. The van der Waals surface area contributed by atoms with Crippen molar-refractivity contribution in [1.82, 2.24) is 0 Å². The summed E-state index contributed by atoms with van der Waals surface area (Å²) in [7, 11) is 0. The molecule has 80 valence electrons. The lowest BCUT2D eigenvalue weighted by Gasteiger charge is -2.48. The Kier molecular flexibility index (Phi) is 2.08. The van der Waals surface area contributed by atoms with Crippen LogP contribution in [0.3, 0.4) is 0 Å².